The van der Waals surface area contributed by atoms with Crippen LogP contribution in [-0.4, -0.2) is 36.4 Å². The Morgan fingerprint density at radius 2 is 2.08 bits per heavy atom. The second kappa shape index (κ2) is 7.88. The minimum atomic E-state index is -0.487. The quantitative estimate of drug-likeness (QED) is 0.851. The molecule has 24 heavy (non-hydrogen) atoms. The third-order valence-corrected chi connectivity index (χ3v) is 4.18. The lowest BCUT2D eigenvalue weighted by molar-refractivity contribution is -0.0238. The molecule has 2 atom stereocenters. The van der Waals surface area contributed by atoms with Gasteiger partial charge >= 0.3 is 5.97 Å². The Balaban J connectivity index is 1.63. The number of nitrogens with one attached hydrogen (secondary N) is 1. The largest absolute Gasteiger partial charge is 0.464 e. The molecule has 2 heterocycles. The Kier molecular flexibility index (Phi) is 5.38. The van der Waals surface area contributed by atoms with E-state index in [-0.39, 0.29) is 11.8 Å². The fraction of sp³-hybridized carbons (Fsp3) is 0.389. The summed E-state index contributed by atoms with van der Waals surface area (Å²) < 4.78 is 10.6. The molecule has 0 radical (unpaired) electrons. The van der Waals surface area contributed by atoms with Crippen molar-refractivity contribution in [1.82, 2.24) is 10.2 Å². The van der Waals surface area contributed by atoms with Crippen LogP contribution in [0.5, 0.6) is 0 Å². The van der Waals surface area contributed by atoms with Gasteiger partial charge in [0.2, 0.25) is 0 Å². The molecule has 1 aliphatic heterocycles. The molecular formula is C18H21N3O3. The summed E-state index contributed by atoms with van der Waals surface area (Å²) in [6, 6.07) is 13.6. The number of hydrogen-bond acceptors (Lipinski definition) is 6. The van der Waals surface area contributed by atoms with Crippen LogP contribution in [0.25, 0.3) is 0 Å². The highest BCUT2D eigenvalue weighted by Crippen LogP contribution is 2.33. The highest BCUT2D eigenvalue weighted by Gasteiger charge is 2.27. The lowest BCUT2D eigenvalue weighted by Crippen LogP contribution is -2.28. The number of carbonyl (C=O) groups is 1. The molecule has 0 bridgehead atoms. The highest BCUT2D eigenvalue weighted by molar-refractivity contribution is 5.86. The number of esters is 1. The third kappa shape index (κ3) is 3.89. The fourth-order valence-electron chi connectivity index (χ4n) is 2.94. The zero-order valence-electron chi connectivity index (χ0n) is 13.6. The van der Waals surface area contributed by atoms with Gasteiger partial charge in [-0.15, -0.1) is 10.2 Å². The number of nitrogens with zero attached hydrogens (tertiary/aromatic N) is 2. The highest BCUT2D eigenvalue weighted by atomic mass is 16.5. The second-order valence-electron chi connectivity index (χ2n) is 5.78. The van der Waals surface area contributed by atoms with Gasteiger partial charge in [0, 0.05) is 19.1 Å². The molecule has 0 saturated carbocycles. The molecule has 6 heteroatoms. The summed E-state index contributed by atoms with van der Waals surface area (Å²) in [6.45, 7) is 1.54. The van der Waals surface area contributed by atoms with E-state index in [1.807, 2.05) is 18.2 Å². The summed E-state index contributed by atoms with van der Waals surface area (Å²) in [7, 11) is 1.32. The summed E-state index contributed by atoms with van der Waals surface area (Å²) >= 11 is 0. The Morgan fingerprint density at radius 3 is 2.79 bits per heavy atom. The number of carbonyl (C=O) groups excluding carboxylic acids is 1. The van der Waals surface area contributed by atoms with Crippen molar-refractivity contribution >= 4 is 11.8 Å². The Morgan fingerprint density at radius 1 is 1.25 bits per heavy atom. The van der Waals surface area contributed by atoms with Crippen LogP contribution in [0.1, 0.15) is 35.0 Å². The van der Waals surface area contributed by atoms with Crippen LogP contribution in [-0.2, 0) is 9.47 Å². The van der Waals surface area contributed by atoms with Crippen LogP contribution in [0.2, 0.25) is 0 Å². The average Bonchev–Trinajstić information content (AvgIpc) is 2.67. The molecule has 126 valence electrons. The van der Waals surface area contributed by atoms with Crippen LogP contribution in [0.15, 0.2) is 42.5 Å². The van der Waals surface area contributed by atoms with E-state index in [4.69, 9.17) is 4.74 Å². The number of aromatic nitrogens is 2. The predicted molar refractivity (Wildman–Crippen MR) is 89.7 cm³/mol. The zero-order chi connectivity index (χ0) is 16.8. The number of anilines is 1. The van der Waals surface area contributed by atoms with Gasteiger partial charge < -0.3 is 14.8 Å². The maximum Gasteiger partial charge on any atom is 0.358 e. The maximum atomic E-state index is 11.4. The van der Waals surface area contributed by atoms with Crippen molar-refractivity contribution < 1.29 is 14.3 Å². The van der Waals surface area contributed by atoms with Crippen LogP contribution >= 0.6 is 0 Å². The number of hydrogen-bond donors (Lipinski definition) is 1. The van der Waals surface area contributed by atoms with Crippen molar-refractivity contribution in [1.29, 1.82) is 0 Å². The minimum Gasteiger partial charge on any atom is -0.464 e. The summed E-state index contributed by atoms with van der Waals surface area (Å²) in [4.78, 5) is 11.4. The summed E-state index contributed by atoms with van der Waals surface area (Å²) in [5, 5.41) is 11.2. The van der Waals surface area contributed by atoms with E-state index < -0.39 is 5.97 Å². The topological polar surface area (TPSA) is 73.3 Å². The van der Waals surface area contributed by atoms with Gasteiger partial charge in [-0.3, -0.25) is 0 Å². The number of ether oxygens (including phenoxy) is 2. The first kappa shape index (κ1) is 16.4. The van der Waals surface area contributed by atoms with Crippen LogP contribution in [0.4, 0.5) is 5.82 Å². The van der Waals surface area contributed by atoms with E-state index in [2.05, 4.69) is 32.4 Å². The molecule has 6 nitrogen and oxygen atoms in total. The normalized spacial score (nSPS) is 20.4. The van der Waals surface area contributed by atoms with Gasteiger partial charge in [0.25, 0.3) is 0 Å². The average molecular weight is 327 g/mol. The molecule has 1 fully saturated rings. The summed E-state index contributed by atoms with van der Waals surface area (Å²) in [5.41, 5.74) is 1.40. The molecule has 1 aromatic carbocycles. The molecule has 2 unspecified atom stereocenters. The molecule has 0 spiro atoms. The smallest absolute Gasteiger partial charge is 0.358 e. The lowest BCUT2D eigenvalue weighted by atomic mass is 9.89. The maximum absolute atomic E-state index is 11.4. The Labute approximate surface area is 141 Å². The van der Waals surface area contributed by atoms with Crippen molar-refractivity contribution in [2.24, 2.45) is 5.92 Å². The van der Waals surface area contributed by atoms with Crippen molar-refractivity contribution in [3.8, 4) is 0 Å². The molecule has 3 rings (SSSR count). The predicted octanol–water partition coefficient (Wildman–Crippen LogP) is 2.84. The van der Waals surface area contributed by atoms with Crippen LogP contribution < -0.4 is 5.32 Å². The molecule has 1 N–H and O–H groups in total. The second-order valence-corrected chi connectivity index (χ2v) is 5.78. The Hall–Kier alpha value is -2.47. The zero-order valence-corrected chi connectivity index (χ0v) is 13.6. The third-order valence-electron chi connectivity index (χ3n) is 4.18. The van der Waals surface area contributed by atoms with Crippen LogP contribution in [0, 0.1) is 5.92 Å². The van der Waals surface area contributed by atoms with E-state index in [0.29, 0.717) is 11.7 Å². The lowest BCUT2D eigenvalue weighted by Gasteiger charge is -2.32. The molecule has 1 aliphatic rings. The molecule has 0 aliphatic carbocycles. The van der Waals surface area contributed by atoms with Crippen molar-refractivity contribution in [3.63, 3.8) is 0 Å². The standard InChI is InChI=1S/C18H21N3O3/c1-23-18(22)15-9-10-16(21-20-15)19-12-14-8-5-11-24-17(14)13-6-3-2-4-7-13/h2-4,6-7,9-10,14,17H,5,8,11-12H2,1H3,(H,19,21). The van der Waals surface area contributed by atoms with E-state index in [1.165, 1.54) is 12.7 Å². The van der Waals surface area contributed by atoms with E-state index in [1.54, 1.807) is 12.1 Å². The van der Waals surface area contributed by atoms with E-state index >= 15 is 0 Å². The van der Waals surface area contributed by atoms with Gasteiger partial charge in [-0.2, -0.15) is 0 Å². The Bertz CT molecular complexity index is 661. The fourth-order valence-corrected chi connectivity index (χ4v) is 2.94. The van der Waals surface area contributed by atoms with E-state index in [9.17, 15) is 4.79 Å². The first-order valence-corrected chi connectivity index (χ1v) is 8.10. The molecule has 0 amide bonds. The first-order valence-electron chi connectivity index (χ1n) is 8.10. The van der Waals surface area contributed by atoms with Crippen molar-refractivity contribution in [2.45, 2.75) is 18.9 Å². The number of methoxy groups -OCH3 is 1. The van der Waals surface area contributed by atoms with Gasteiger partial charge in [-0.05, 0) is 30.5 Å². The van der Waals surface area contributed by atoms with Gasteiger partial charge in [0.05, 0.1) is 13.2 Å². The van der Waals surface area contributed by atoms with Gasteiger partial charge in [0.15, 0.2) is 5.69 Å². The molecular weight excluding hydrogens is 306 g/mol. The van der Waals surface area contributed by atoms with Gasteiger partial charge in [-0.1, -0.05) is 30.3 Å². The molecule has 1 aromatic heterocycles. The van der Waals surface area contributed by atoms with Crippen LogP contribution in [0.3, 0.4) is 0 Å². The van der Waals surface area contributed by atoms with E-state index in [0.717, 1.165) is 26.0 Å². The summed E-state index contributed by atoms with van der Waals surface area (Å²) in [5.74, 6) is 0.516. The monoisotopic (exact) mass is 327 g/mol. The van der Waals surface area contributed by atoms with Gasteiger partial charge in [0.1, 0.15) is 5.82 Å². The first-order chi connectivity index (χ1) is 11.8. The van der Waals surface area contributed by atoms with Gasteiger partial charge in [-0.25, -0.2) is 4.79 Å². The van der Waals surface area contributed by atoms with Crippen molar-refractivity contribution in [3.05, 3.63) is 53.7 Å². The SMILES string of the molecule is COC(=O)c1ccc(NCC2CCCOC2c2ccccc2)nn1. The summed E-state index contributed by atoms with van der Waals surface area (Å²) in [6.07, 6.45) is 2.25. The molecule has 2 aromatic rings. The number of rotatable bonds is 5. The molecule has 1 saturated heterocycles. The van der Waals surface area contributed by atoms with Crippen molar-refractivity contribution in [2.75, 3.05) is 25.6 Å². The number of benzene rings is 1. The minimum absolute atomic E-state index is 0.0924.